The number of nitrogens with one attached hydrogen (secondary N) is 2. The molecule has 198 valence electrons. The zero-order chi connectivity index (χ0) is 27.2. The molecule has 0 bridgehead atoms. The van der Waals surface area contributed by atoms with E-state index in [-0.39, 0.29) is 51.9 Å². The minimum Gasteiger partial charge on any atom is -0.491 e. The van der Waals surface area contributed by atoms with Gasteiger partial charge in [-0.2, -0.15) is 13.2 Å². The lowest BCUT2D eigenvalue weighted by Gasteiger charge is -2.26. The Morgan fingerprint density at radius 1 is 1.11 bits per heavy atom. The first kappa shape index (κ1) is 25.9. The smallest absolute Gasteiger partial charge is 0.416 e. The molecule has 1 saturated heterocycles. The van der Waals surface area contributed by atoms with E-state index in [1.165, 1.54) is 18.2 Å². The summed E-state index contributed by atoms with van der Waals surface area (Å²) in [4.78, 5) is 25.9. The number of alkyl halides is 3. The number of hydrogen-bond donors (Lipinski definition) is 2. The first-order valence-electron chi connectivity index (χ1n) is 11.4. The average Bonchev–Trinajstić information content (AvgIpc) is 3.15. The summed E-state index contributed by atoms with van der Waals surface area (Å²) in [7, 11) is 0. The molecule has 1 fully saturated rings. The van der Waals surface area contributed by atoms with E-state index in [0.717, 1.165) is 18.6 Å². The van der Waals surface area contributed by atoms with E-state index in [0.29, 0.717) is 18.7 Å². The van der Waals surface area contributed by atoms with Crippen LogP contribution in [0.1, 0.15) is 49.9 Å². The molecule has 3 aromatic carbocycles. The maximum atomic E-state index is 14.1. The fourth-order valence-corrected chi connectivity index (χ4v) is 4.47. The molecule has 2 aliphatic heterocycles. The predicted octanol–water partition coefficient (Wildman–Crippen LogP) is 5.89. The van der Waals surface area contributed by atoms with Crippen LogP contribution in [0.25, 0.3) is 0 Å². The fraction of sp³-hybridized carbons (Fsp3) is 0.231. The third-order valence-corrected chi connectivity index (χ3v) is 6.54. The average molecular weight is 553 g/mol. The van der Waals surface area contributed by atoms with Gasteiger partial charge in [0.15, 0.2) is 0 Å². The van der Waals surface area contributed by atoms with E-state index in [9.17, 15) is 31.5 Å². The van der Waals surface area contributed by atoms with E-state index in [4.69, 9.17) is 21.1 Å². The molecule has 0 spiro atoms. The van der Waals surface area contributed by atoms with Crippen molar-refractivity contribution in [3.8, 4) is 5.75 Å². The highest BCUT2D eigenvalue weighted by Gasteiger charge is 2.36. The Bertz CT molecular complexity index is 1440. The van der Waals surface area contributed by atoms with Crippen LogP contribution in [0.4, 0.5) is 27.6 Å². The van der Waals surface area contributed by atoms with Crippen molar-refractivity contribution < 1.29 is 41.0 Å². The molecule has 5 rings (SSSR count). The SMILES string of the molecule is O=C(Nc1cc(OCC2CCO2)cc2c1C(c1cc(F)ccc1Cl)NC2=O)c1cc(F)cc(C(F)(F)F)c1. The third kappa shape index (κ3) is 5.16. The molecule has 6 nitrogen and oxygen atoms in total. The Balaban J connectivity index is 1.56. The van der Waals surface area contributed by atoms with Gasteiger partial charge in [0.2, 0.25) is 0 Å². The molecule has 2 aliphatic rings. The maximum Gasteiger partial charge on any atom is 0.416 e. The summed E-state index contributed by atoms with van der Waals surface area (Å²) in [5.74, 6) is -3.35. The van der Waals surface area contributed by atoms with Gasteiger partial charge in [-0.05, 0) is 42.5 Å². The molecular weight excluding hydrogens is 535 g/mol. The van der Waals surface area contributed by atoms with E-state index in [2.05, 4.69) is 10.6 Å². The van der Waals surface area contributed by atoms with E-state index in [1.807, 2.05) is 0 Å². The zero-order valence-corrected chi connectivity index (χ0v) is 20.1. The van der Waals surface area contributed by atoms with Crippen LogP contribution in [0.5, 0.6) is 5.75 Å². The second-order valence-electron chi connectivity index (χ2n) is 8.78. The van der Waals surface area contributed by atoms with Gasteiger partial charge in [0.1, 0.15) is 24.0 Å². The van der Waals surface area contributed by atoms with Crippen molar-refractivity contribution in [2.45, 2.75) is 24.7 Å². The van der Waals surface area contributed by atoms with Crippen LogP contribution in [0.15, 0.2) is 48.5 Å². The van der Waals surface area contributed by atoms with Crippen LogP contribution < -0.4 is 15.4 Å². The number of amides is 2. The third-order valence-electron chi connectivity index (χ3n) is 6.20. The number of carbonyl (C=O) groups excluding carboxylic acids is 2. The molecule has 2 heterocycles. The van der Waals surface area contributed by atoms with Gasteiger partial charge in [0, 0.05) is 40.8 Å². The first-order valence-corrected chi connectivity index (χ1v) is 11.7. The van der Waals surface area contributed by atoms with Gasteiger partial charge in [-0.25, -0.2) is 8.78 Å². The normalized spacial score (nSPS) is 18.4. The lowest BCUT2D eigenvalue weighted by Crippen LogP contribution is -2.32. The molecule has 2 N–H and O–H groups in total. The number of anilines is 1. The van der Waals surface area contributed by atoms with Crippen molar-refractivity contribution in [2.75, 3.05) is 18.5 Å². The number of fused-ring (bicyclic) bond motifs is 1. The highest BCUT2D eigenvalue weighted by molar-refractivity contribution is 6.31. The number of carbonyl (C=O) groups is 2. The molecular formula is C26H18ClF5N2O4. The maximum absolute atomic E-state index is 14.1. The summed E-state index contributed by atoms with van der Waals surface area (Å²) < 4.78 is 78.6. The Morgan fingerprint density at radius 2 is 1.87 bits per heavy atom. The van der Waals surface area contributed by atoms with Crippen molar-refractivity contribution in [2.24, 2.45) is 0 Å². The minimum absolute atomic E-state index is 0.0153. The van der Waals surface area contributed by atoms with Gasteiger partial charge in [0.05, 0.1) is 29.0 Å². The lowest BCUT2D eigenvalue weighted by molar-refractivity contribution is -0.137. The summed E-state index contributed by atoms with van der Waals surface area (Å²) in [6.45, 7) is 0.747. The number of halogens is 6. The molecule has 2 amide bonds. The molecule has 0 radical (unpaired) electrons. The second-order valence-corrected chi connectivity index (χ2v) is 9.18. The van der Waals surface area contributed by atoms with Crippen LogP contribution in [0, 0.1) is 11.6 Å². The Morgan fingerprint density at radius 3 is 2.55 bits per heavy atom. The Labute approximate surface area is 217 Å². The monoisotopic (exact) mass is 552 g/mol. The van der Waals surface area contributed by atoms with Gasteiger partial charge >= 0.3 is 6.18 Å². The highest BCUT2D eigenvalue weighted by Crippen LogP contribution is 2.42. The molecule has 2 atom stereocenters. The summed E-state index contributed by atoms with van der Waals surface area (Å²) >= 11 is 6.27. The largest absolute Gasteiger partial charge is 0.491 e. The van der Waals surface area contributed by atoms with Crippen LogP contribution in [-0.2, 0) is 10.9 Å². The second kappa shape index (κ2) is 9.88. The van der Waals surface area contributed by atoms with Gasteiger partial charge in [-0.1, -0.05) is 11.6 Å². The van der Waals surface area contributed by atoms with Crippen molar-refractivity contribution >= 4 is 29.1 Å². The summed E-state index contributed by atoms with van der Waals surface area (Å²) in [6.07, 6.45) is -4.26. The molecule has 3 aromatic rings. The predicted molar refractivity (Wildman–Crippen MR) is 126 cm³/mol. The lowest BCUT2D eigenvalue weighted by atomic mass is 9.95. The molecule has 0 aromatic heterocycles. The van der Waals surface area contributed by atoms with Gasteiger partial charge < -0.3 is 20.1 Å². The standard InChI is InChI=1S/C26H18ClF5N2O4/c27-20-2-1-14(28)8-18(20)23-22-19(25(36)34-23)9-17(38-11-16-3-4-37-16)10-21(22)33-24(35)12-5-13(26(30,31)32)7-15(29)6-12/h1-2,5-10,16,23H,3-4,11H2,(H,33,35)(H,34,36). The first-order chi connectivity index (χ1) is 18.0. The molecule has 38 heavy (non-hydrogen) atoms. The van der Waals surface area contributed by atoms with Crippen molar-refractivity contribution in [3.63, 3.8) is 0 Å². The summed E-state index contributed by atoms with van der Waals surface area (Å²) in [5.41, 5.74) is -1.50. The van der Waals surface area contributed by atoms with Gasteiger partial charge in [-0.3, -0.25) is 9.59 Å². The number of benzene rings is 3. The number of rotatable bonds is 6. The Hall–Kier alpha value is -3.70. The molecule has 0 aliphatic carbocycles. The summed E-state index contributed by atoms with van der Waals surface area (Å²) in [5, 5.41) is 5.27. The van der Waals surface area contributed by atoms with Crippen molar-refractivity contribution in [1.29, 1.82) is 0 Å². The van der Waals surface area contributed by atoms with Crippen LogP contribution >= 0.6 is 11.6 Å². The van der Waals surface area contributed by atoms with Gasteiger partial charge in [-0.15, -0.1) is 0 Å². The van der Waals surface area contributed by atoms with E-state index < -0.39 is 46.8 Å². The summed E-state index contributed by atoms with van der Waals surface area (Å²) in [6, 6.07) is 6.80. The topological polar surface area (TPSA) is 76.7 Å². The number of ether oxygens (including phenoxy) is 2. The molecule has 2 unspecified atom stereocenters. The highest BCUT2D eigenvalue weighted by atomic mass is 35.5. The molecule has 0 saturated carbocycles. The quantitative estimate of drug-likeness (QED) is 0.374. The number of hydrogen-bond acceptors (Lipinski definition) is 4. The zero-order valence-electron chi connectivity index (χ0n) is 19.3. The van der Waals surface area contributed by atoms with Gasteiger partial charge in [0.25, 0.3) is 11.8 Å². The van der Waals surface area contributed by atoms with Crippen molar-refractivity contribution in [3.05, 3.63) is 93.0 Å². The van der Waals surface area contributed by atoms with E-state index in [1.54, 1.807) is 0 Å². The minimum atomic E-state index is -4.88. The van der Waals surface area contributed by atoms with Crippen LogP contribution in [-0.4, -0.2) is 31.1 Å². The van der Waals surface area contributed by atoms with Crippen LogP contribution in [0.3, 0.4) is 0 Å². The Kier molecular flexibility index (Phi) is 6.74. The van der Waals surface area contributed by atoms with Crippen LogP contribution in [0.2, 0.25) is 5.02 Å². The van der Waals surface area contributed by atoms with Crippen molar-refractivity contribution in [1.82, 2.24) is 5.32 Å². The molecule has 12 heteroatoms. The van der Waals surface area contributed by atoms with E-state index >= 15 is 0 Å². The fourth-order valence-electron chi connectivity index (χ4n) is 4.25.